The van der Waals surface area contributed by atoms with E-state index in [1.807, 2.05) is 85.8 Å². The van der Waals surface area contributed by atoms with Crippen molar-refractivity contribution in [3.63, 3.8) is 0 Å². The molecule has 0 aliphatic rings. The quantitative estimate of drug-likeness (QED) is 0.325. The lowest BCUT2D eigenvalue weighted by atomic mass is 10.2. The first-order valence-electron chi connectivity index (χ1n) is 8.83. The Kier molecular flexibility index (Phi) is 5.12. The van der Waals surface area contributed by atoms with Crippen molar-refractivity contribution in [3.05, 3.63) is 100 Å². The maximum Gasteiger partial charge on any atom is 0.268 e. The first kappa shape index (κ1) is 19.0. The van der Waals surface area contributed by atoms with Crippen molar-refractivity contribution in [2.45, 2.75) is 11.8 Å². The number of benzene rings is 3. The Balaban J connectivity index is 2.05. The second-order valence-electron chi connectivity index (χ2n) is 6.54. The minimum absolute atomic E-state index is 0.277. The lowest BCUT2D eigenvalue weighted by Gasteiger charge is -2.15. The molecule has 0 bridgehead atoms. The van der Waals surface area contributed by atoms with E-state index in [9.17, 15) is 8.42 Å². The van der Waals surface area contributed by atoms with Crippen LogP contribution in [0.2, 0.25) is 0 Å². The van der Waals surface area contributed by atoms with Crippen LogP contribution in [0.4, 0.5) is 0 Å². The molecule has 5 heteroatoms. The van der Waals surface area contributed by atoms with Crippen LogP contribution in [0.15, 0.2) is 95.9 Å². The summed E-state index contributed by atoms with van der Waals surface area (Å²) < 4.78 is 29.8. The highest BCUT2D eigenvalue weighted by atomic mass is 127. The molecule has 0 radical (unpaired) electrons. The van der Waals surface area contributed by atoms with Crippen molar-refractivity contribution < 1.29 is 8.42 Å². The average molecular weight is 499 g/mol. The molecule has 0 amide bonds. The van der Waals surface area contributed by atoms with Crippen LogP contribution < -0.4 is 0 Å². The van der Waals surface area contributed by atoms with Crippen molar-refractivity contribution >= 4 is 32.6 Å². The Labute approximate surface area is 178 Å². The summed E-state index contributed by atoms with van der Waals surface area (Å²) in [7, 11) is -3.78. The van der Waals surface area contributed by atoms with E-state index in [1.54, 1.807) is 12.1 Å². The van der Waals surface area contributed by atoms with Gasteiger partial charge in [0.25, 0.3) is 10.0 Å². The fraction of sp³-hybridized carbons (Fsp3) is 0.0435. The molecule has 0 N–H and O–H groups in total. The molecule has 0 fully saturated rings. The molecule has 140 valence electrons. The predicted octanol–water partition coefficient (Wildman–Crippen LogP) is 5.97. The first-order valence-corrected chi connectivity index (χ1v) is 11.3. The maximum absolute atomic E-state index is 13.7. The number of rotatable bonds is 4. The largest absolute Gasteiger partial charge is 0.268 e. The summed E-state index contributed by atoms with van der Waals surface area (Å²) in [6.07, 6.45) is 0. The normalized spacial score (nSPS) is 11.5. The third-order valence-corrected chi connectivity index (χ3v) is 7.14. The Hall–Kier alpha value is -2.38. The van der Waals surface area contributed by atoms with Crippen LogP contribution in [0, 0.1) is 10.5 Å². The number of hydrogen-bond acceptors (Lipinski definition) is 2. The summed E-state index contributed by atoms with van der Waals surface area (Å²) >= 11 is 2.22. The van der Waals surface area contributed by atoms with E-state index < -0.39 is 10.0 Å². The average Bonchev–Trinajstić information content (AvgIpc) is 3.08. The summed E-state index contributed by atoms with van der Waals surface area (Å²) in [5.74, 6) is 0. The molecule has 0 spiro atoms. The molecule has 4 rings (SSSR count). The lowest BCUT2D eigenvalue weighted by molar-refractivity contribution is 0.588. The number of halogens is 1. The van der Waals surface area contributed by atoms with Gasteiger partial charge in [-0.2, -0.15) is 0 Å². The molecule has 28 heavy (non-hydrogen) atoms. The minimum Gasteiger partial charge on any atom is -0.232 e. The van der Waals surface area contributed by atoms with E-state index in [4.69, 9.17) is 0 Å². The zero-order valence-electron chi connectivity index (χ0n) is 15.2. The second-order valence-corrected chi connectivity index (χ2v) is 9.49. The molecule has 0 atom stereocenters. The van der Waals surface area contributed by atoms with Crippen molar-refractivity contribution in [2.75, 3.05) is 0 Å². The van der Waals surface area contributed by atoms with Gasteiger partial charge >= 0.3 is 0 Å². The summed E-state index contributed by atoms with van der Waals surface area (Å²) in [5.41, 5.74) is 4.08. The van der Waals surface area contributed by atoms with Crippen LogP contribution in [-0.4, -0.2) is 12.4 Å². The van der Waals surface area contributed by atoms with Crippen molar-refractivity contribution in [1.82, 2.24) is 3.97 Å². The van der Waals surface area contributed by atoms with Gasteiger partial charge in [-0.25, -0.2) is 12.4 Å². The SMILES string of the molecule is Cc1ccc(S(=O)(=O)n2c(-c3ccccc3)cc(I)c2-c2ccccc2)cc1. The Morgan fingerprint density at radius 2 is 1.29 bits per heavy atom. The summed E-state index contributed by atoms with van der Waals surface area (Å²) in [6, 6.07) is 28.2. The Morgan fingerprint density at radius 1 is 0.750 bits per heavy atom. The molecular weight excluding hydrogens is 481 g/mol. The number of aromatic nitrogens is 1. The van der Waals surface area contributed by atoms with Gasteiger partial charge in [-0.3, -0.25) is 0 Å². The van der Waals surface area contributed by atoms with Crippen molar-refractivity contribution in [3.8, 4) is 22.5 Å². The Morgan fingerprint density at radius 3 is 1.86 bits per heavy atom. The van der Waals surface area contributed by atoms with Gasteiger partial charge in [-0.05, 0) is 53.3 Å². The van der Waals surface area contributed by atoms with Crippen molar-refractivity contribution in [2.24, 2.45) is 0 Å². The molecule has 1 aromatic heterocycles. The molecule has 3 nitrogen and oxygen atoms in total. The molecule has 4 aromatic rings. The fourth-order valence-corrected chi connectivity index (χ4v) is 5.75. The topological polar surface area (TPSA) is 39.1 Å². The van der Waals surface area contributed by atoms with Crippen molar-refractivity contribution in [1.29, 1.82) is 0 Å². The van der Waals surface area contributed by atoms with E-state index >= 15 is 0 Å². The number of hydrogen-bond donors (Lipinski definition) is 0. The molecule has 0 aliphatic heterocycles. The maximum atomic E-state index is 13.7. The van der Waals surface area contributed by atoms with Crippen LogP contribution in [0.5, 0.6) is 0 Å². The molecule has 0 aliphatic carbocycles. The number of nitrogens with zero attached hydrogens (tertiary/aromatic N) is 1. The molecule has 0 saturated heterocycles. The minimum atomic E-state index is -3.78. The predicted molar refractivity (Wildman–Crippen MR) is 122 cm³/mol. The summed E-state index contributed by atoms with van der Waals surface area (Å²) in [5, 5.41) is 0. The molecule has 0 saturated carbocycles. The molecule has 1 heterocycles. The molecule has 0 unspecified atom stereocenters. The Bertz CT molecular complexity index is 1210. The fourth-order valence-electron chi connectivity index (χ4n) is 3.19. The first-order chi connectivity index (χ1) is 13.5. The smallest absolute Gasteiger partial charge is 0.232 e. The second kappa shape index (κ2) is 7.56. The van der Waals surface area contributed by atoms with E-state index in [0.29, 0.717) is 11.4 Å². The van der Waals surface area contributed by atoms with E-state index in [2.05, 4.69) is 22.6 Å². The highest BCUT2D eigenvalue weighted by Crippen LogP contribution is 2.37. The van der Waals surface area contributed by atoms with Gasteiger partial charge in [-0.1, -0.05) is 78.4 Å². The monoisotopic (exact) mass is 499 g/mol. The van der Waals surface area contributed by atoms with Gasteiger partial charge in [0.2, 0.25) is 0 Å². The zero-order chi connectivity index (χ0) is 19.7. The van der Waals surface area contributed by atoms with Gasteiger partial charge in [-0.15, -0.1) is 0 Å². The van der Waals surface area contributed by atoms with Crippen LogP contribution in [0.1, 0.15) is 5.56 Å². The summed E-state index contributed by atoms with van der Waals surface area (Å²) in [4.78, 5) is 0.277. The van der Waals surface area contributed by atoms with E-state index in [-0.39, 0.29) is 4.90 Å². The van der Waals surface area contributed by atoms with Gasteiger partial charge in [0.1, 0.15) is 0 Å². The third kappa shape index (κ3) is 3.40. The van der Waals surface area contributed by atoms with Gasteiger partial charge in [0, 0.05) is 9.13 Å². The standard InChI is InChI=1S/C23H18INO2S/c1-17-12-14-20(15-13-17)28(26,27)25-22(18-8-4-2-5-9-18)16-21(24)23(25)19-10-6-3-7-11-19/h2-16H,1H3. The van der Waals surface area contributed by atoms with Crippen LogP contribution in [-0.2, 0) is 10.0 Å². The molecule has 3 aromatic carbocycles. The zero-order valence-corrected chi connectivity index (χ0v) is 18.2. The number of aryl methyl sites for hydroxylation is 1. The lowest BCUT2D eigenvalue weighted by Crippen LogP contribution is -2.15. The highest BCUT2D eigenvalue weighted by Gasteiger charge is 2.27. The third-order valence-electron chi connectivity index (χ3n) is 4.59. The van der Waals surface area contributed by atoms with E-state index in [1.165, 1.54) is 3.97 Å². The molecular formula is C23H18INO2S. The van der Waals surface area contributed by atoms with E-state index in [0.717, 1.165) is 20.3 Å². The summed E-state index contributed by atoms with van der Waals surface area (Å²) in [6.45, 7) is 1.94. The van der Waals surface area contributed by atoms with Crippen LogP contribution in [0.3, 0.4) is 0 Å². The van der Waals surface area contributed by atoms with Crippen LogP contribution >= 0.6 is 22.6 Å². The van der Waals surface area contributed by atoms with Gasteiger partial charge in [0.15, 0.2) is 0 Å². The van der Waals surface area contributed by atoms with Gasteiger partial charge in [0.05, 0.1) is 16.3 Å². The van der Waals surface area contributed by atoms with Gasteiger partial charge < -0.3 is 0 Å². The van der Waals surface area contributed by atoms with Crippen LogP contribution in [0.25, 0.3) is 22.5 Å². The highest BCUT2D eigenvalue weighted by molar-refractivity contribution is 14.1.